The predicted molar refractivity (Wildman–Crippen MR) is 71.6 cm³/mol. The molecule has 1 N–H and O–H groups in total. The molecule has 2 atom stereocenters. The number of aromatic nitrogens is 2. The second-order valence-electron chi connectivity index (χ2n) is 4.95. The summed E-state index contributed by atoms with van der Waals surface area (Å²) in [6, 6.07) is 0.634. The first-order chi connectivity index (χ1) is 8.26. The van der Waals surface area contributed by atoms with E-state index < -0.39 is 0 Å². The zero-order valence-electron chi connectivity index (χ0n) is 10.7. The molecule has 0 aromatic carbocycles. The molecule has 0 radical (unpaired) electrons. The van der Waals surface area contributed by atoms with Crippen LogP contribution in [0.25, 0.3) is 0 Å². The van der Waals surface area contributed by atoms with Crippen LogP contribution in [-0.2, 0) is 6.54 Å². The summed E-state index contributed by atoms with van der Waals surface area (Å²) < 4.78 is 2.10. The Balaban J connectivity index is 2.17. The van der Waals surface area contributed by atoms with Gasteiger partial charge in [-0.1, -0.05) is 24.9 Å². The van der Waals surface area contributed by atoms with E-state index in [2.05, 4.69) is 29.1 Å². The largest absolute Gasteiger partial charge is 0.317 e. The number of halogens is 1. The SMILES string of the molecule is CCCn1ncc(Cl)c1C1CCCC(NC)C1. The van der Waals surface area contributed by atoms with Gasteiger partial charge in [0.05, 0.1) is 16.9 Å². The molecule has 2 rings (SSSR count). The van der Waals surface area contributed by atoms with E-state index in [0.29, 0.717) is 12.0 Å². The van der Waals surface area contributed by atoms with Gasteiger partial charge in [0.1, 0.15) is 0 Å². The molecule has 1 aromatic heterocycles. The standard InChI is InChI=1S/C13H22ClN3/c1-3-7-17-13(12(14)9-16-17)10-5-4-6-11(8-10)15-2/h9-11,15H,3-8H2,1-2H3. The van der Waals surface area contributed by atoms with Crippen molar-refractivity contribution < 1.29 is 0 Å². The molecular weight excluding hydrogens is 234 g/mol. The third-order valence-electron chi connectivity index (χ3n) is 3.74. The topological polar surface area (TPSA) is 29.9 Å². The molecule has 2 unspecified atom stereocenters. The average molecular weight is 256 g/mol. The van der Waals surface area contributed by atoms with Crippen LogP contribution in [-0.4, -0.2) is 22.9 Å². The molecule has 0 bridgehead atoms. The number of nitrogens with zero attached hydrogens (tertiary/aromatic N) is 2. The zero-order chi connectivity index (χ0) is 12.3. The first-order valence-corrected chi connectivity index (χ1v) is 7.02. The normalized spacial score (nSPS) is 25.1. The van der Waals surface area contributed by atoms with Crippen LogP contribution in [0.2, 0.25) is 5.02 Å². The van der Waals surface area contributed by atoms with Crippen molar-refractivity contribution >= 4 is 11.6 Å². The van der Waals surface area contributed by atoms with Crippen molar-refractivity contribution in [2.75, 3.05) is 7.05 Å². The van der Waals surface area contributed by atoms with Gasteiger partial charge in [0.2, 0.25) is 0 Å². The molecular formula is C13H22ClN3. The molecule has 1 fully saturated rings. The summed E-state index contributed by atoms with van der Waals surface area (Å²) in [5.41, 5.74) is 1.26. The number of nitrogens with one attached hydrogen (secondary N) is 1. The Morgan fingerprint density at radius 2 is 2.35 bits per heavy atom. The van der Waals surface area contributed by atoms with Gasteiger partial charge in [0, 0.05) is 18.5 Å². The maximum atomic E-state index is 6.30. The van der Waals surface area contributed by atoms with E-state index in [4.69, 9.17) is 11.6 Å². The molecule has 0 amide bonds. The van der Waals surface area contributed by atoms with E-state index in [-0.39, 0.29) is 0 Å². The minimum absolute atomic E-state index is 0.572. The third-order valence-corrected chi connectivity index (χ3v) is 4.03. The summed E-state index contributed by atoms with van der Waals surface area (Å²) in [6.07, 6.45) is 7.90. The molecule has 1 aromatic rings. The third kappa shape index (κ3) is 2.83. The van der Waals surface area contributed by atoms with Crippen LogP contribution in [0.5, 0.6) is 0 Å². The summed E-state index contributed by atoms with van der Waals surface area (Å²) >= 11 is 6.30. The van der Waals surface area contributed by atoms with Crippen molar-refractivity contribution in [3.63, 3.8) is 0 Å². The average Bonchev–Trinajstić information content (AvgIpc) is 2.71. The Morgan fingerprint density at radius 3 is 3.06 bits per heavy atom. The fourth-order valence-corrected chi connectivity index (χ4v) is 3.16. The second-order valence-corrected chi connectivity index (χ2v) is 5.36. The van der Waals surface area contributed by atoms with E-state index in [1.165, 1.54) is 31.4 Å². The van der Waals surface area contributed by atoms with Crippen LogP contribution < -0.4 is 5.32 Å². The monoisotopic (exact) mass is 255 g/mol. The number of hydrogen-bond acceptors (Lipinski definition) is 2. The minimum Gasteiger partial charge on any atom is -0.317 e. The van der Waals surface area contributed by atoms with Gasteiger partial charge in [-0.3, -0.25) is 4.68 Å². The van der Waals surface area contributed by atoms with Crippen LogP contribution in [0.3, 0.4) is 0 Å². The first kappa shape index (κ1) is 12.9. The number of hydrogen-bond donors (Lipinski definition) is 1. The molecule has 1 aliphatic carbocycles. The van der Waals surface area contributed by atoms with Crippen molar-refractivity contribution in [3.8, 4) is 0 Å². The van der Waals surface area contributed by atoms with E-state index in [9.17, 15) is 0 Å². The molecule has 0 spiro atoms. The van der Waals surface area contributed by atoms with Crippen molar-refractivity contribution in [2.45, 2.75) is 57.5 Å². The van der Waals surface area contributed by atoms with Gasteiger partial charge >= 0.3 is 0 Å². The van der Waals surface area contributed by atoms with Crippen molar-refractivity contribution in [1.29, 1.82) is 0 Å². The molecule has 0 saturated heterocycles. The highest BCUT2D eigenvalue weighted by Crippen LogP contribution is 2.36. The van der Waals surface area contributed by atoms with E-state index in [1.807, 2.05) is 0 Å². The molecule has 17 heavy (non-hydrogen) atoms. The lowest BCUT2D eigenvalue weighted by atomic mass is 9.83. The van der Waals surface area contributed by atoms with E-state index in [0.717, 1.165) is 18.0 Å². The Bertz CT molecular complexity index is 362. The van der Waals surface area contributed by atoms with Crippen molar-refractivity contribution in [2.24, 2.45) is 0 Å². The minimum atomic E-state index is 0.572. The summed E-state index contributed by atoms with van der Waals surface area (Å²) in [5.74, 6) is 0.572. The smallest absolute Gasteiger partial charge is 0.0820 e. The molecule has 0 aliphatic heterocycles. The summed E-state index contributed by atoms with van der Waals surface area (Å²) in [7, 11) is 2.05. The highest BCUT2D eigenvalue weighted by molar-refractivity contribution is 6.31. The van der Waals surface area contributed by atoms with Gasteiger partial charge in [0.25, 0.3) is 0 Å². The highest BCUT2D eigenvalue weighted by atomic mass is 35.5. The van der Waals surface area contributed by atoms with Crippen molar-refractivity contribution in [3.05, 3.63) is 16.9 Å². The lowest BCUT2D eigenvalue weighted by molar-refractivity contribution is 0.341. The van der Waals surface area contributed by atoms with Gasteiger partial charge < -0.3 is 5.32 Å². The van der Waals surface area contributed by atoms with Crippen LogP contribution >= 0.6 is 11.6 Å². The Kier molecular flexibility index (Phi) is 4.46. The zero-order valence-corrected chi connectivity index (χ0v) is 11.5. The Labute approximate surface area is 109 Å². The first-order valence-electron chi connectivity index (χ1n) is 6.64. The van der Waals surface area contributed by atoms with Crippen LogP contribution in [0, 0.1) is 0 Å². The molecule has 4 heteroatoms. The van der Waals surface area contributed by atoms with Crippen LogP contribution in [0.4, 0.5) is 0 Å². The molecule has 1 aliphatic rings. The molecule has 3 nitrogen and oxygen atoms in total. The van der Waals surface area contributed by atoms with E-state index in [1.54, 1.807) is 6.20 Å². The molecule has 1 heterocycles. The van der Waals surface area contributed by atoms with Crippen molar-refractivity contribution in [1.82, 2.24) is 15.1 Å². The fraction of sp³-hybridized carbons (Fsp3) is 0.769. The van der Waals surface area contributed by atoms with Gasteiger partial charge in [-0.05, 0) is 32.7 Å². The lowest BCUT2D eigenvalue weighted by Gasteiger charge is -2.29. The van der Waals surface area contributed by atoms with Gasteiger partial charge in [-0.15, -0.1) is 0 Å². The van der Waals surface area contributed by atoms with Crippen LogP contribution in [0.15, 0.2) is 6.20 Å². The van der Waals surface area contributed by atoms with Gasteiger partial charge in [-0.25, -0.2) is 0 Å². The quantitative estimate of drug-likeness (QED) is 0.896. The van der Waals surface area contributed by atoms with Crippen LogP contribution in [0.1, 0.15) is 50.6 Å². The molecule has 96 valence electrons. The maximum absolute atomic E-state index is 6.30. The number of aryl methyl sites for hydroxylation is 1. The Morgan fingerprint density at radius 1 is 1.53 bits per heavy atom. The number of rotatable bonds is 4. The summed E-state index contributed by atoms with van der Waals surface area (Å²) in [5, 5.41) is 8.64. The predicted octanol–water partition coefficient (Wildman–Crippen LogP) is 3.19. The second kappa shape index (κ2) is 5.87. The fourth-order valence-electron chi connectivity index (χ4n) is 2.87. The Hall–Kier alpha value is -0.540. The lowest BCUT2D eigenvalue weighted by Crippen LogP contribution is -2.31. The highest BCUT2D eigenvalue weighted by Gasteiger charge is 2.26. The van der Waals surface area contributed by atoms with Gasteiger partial charge in [0.15, 0.2) is 0 Å². The molecule has 1 saturated carbocycles. The van der Waals surface area contributed by atoms with E-state index >= 15 is 0 Å². The summed E-state index contributed by atoms with van der Waals surface area (Å²) in [4.78, 5) is 0. The maximum Gasteiger partial charge on any atom is 0.0820 e. The van der Waals surface area contributed by atoms with Gasteiger partial charge in [-0.2, -0.15) is 5.10 Å². The summed E-state index contributed by atoms with van der Waals surface area (Å²) in [6.45, 7) is 3.15.